The van der Waals surface area contributed by atoms with Gasteiger partial charge in [-0.3, -0.25) is 9.97 Å². The second-order valence-electron chi connectivity index (χ2n) is 14.8. The Morgan fingerprint density at radius 2 is 0.873 bits per heavy atom. The molecule has 274 valence electrons. The van der Waals surface area contributed by atoms with Crippen molar-refractivity contribution in [2.75, 3.05) is 0 Å². The summed E-state index contributed by atoms with van der Waals surface area (Å²) in [4.78, 5) is 22.1. The van der Waals surface area contributed by atoms with Crippen molar-refractivity contribution in [2.45, 2.75) is 55.4 Å². The van der Waals surface area contributed by atoms with E-state index in [1.54, 1.807) is 0 Å². The predicted molar refractivity (Wildman–Crippen MR) is 228 cm³/mol. The third-order valence-corrected chi connectivity index (χ3v) is 10.2. The molecule has 8 aromatic rings. The first-order chi connectivity index (χ1) is 26.5. The van der Waals surface area contributed by atoms with Gasteiger partial charge in [-0.2, -0.15) is 0 Å². The lowest BCUT2D eigenvalue weighted by molar-refractivity contribution is 0.929. The van der Waals surface area contributed by atoms with E-state index in [1.807, 2.05) is 49.1 Å². The van der Waals surface area contributed by atoms with Gasteiger partial charge in [-0.25, -0.2) is 9.97 Å². The van der Waals surface area contributed by atoms with Gasteiger partial charge in [0.1, 0.15) is 11.6 Å². The summed E-state index contributed by atoms with van der Waals surface area (Å²) in [5.74, 6) is 1.91. The second kappa shape index (κ2) is 15.5. The summed E-state index contributed by atoms with van der Waals surface area (Å²) >= 11 is 0. The number of hydrogen-bond donors (Lipinski definition) is 1. The monoisotopic (exact) mass is 720 g/mol. The van der Waals surface area contributed by atoms with Gasteiger partial charge < -0.3 is 9.55 Å². The number of aromatic amines is 1. The SMILES string of the molecule is Cc1ccc(-c2c(-c3ccncc3)nc(-c3c(C)cc(C)cc3C)n2C)cc1.Cc1ccc(-c2nc(-c3c(C)cc(C)cc3C)[nH]c2-c2ccncc2)cc1. The molecule has 8 rings (SSSR count). The van der Waals surface area contributed by atoms with Gasteiger partial charge in [0.2, 0.25) is 0 Å². The van der Waals surface area contributed by atoms with Crippen molar-refractivity contribution in [1.29, 1.82) is 0 Å². The lowest BCUT2D eigenvalue weighted by atomic mass is 9.99. The Morgan fingerprint density at radius 1 is 0.436 bits per heavy atom. The van der Waals surface area contributed by atoms with Crippen LogP contribution in [0.3, 0.4) is 0 Å². The van der Waals surface area contributed by atoms with Gasteiger partial charge in [-0.15, -0.1) is 0 Å². The molecule has 6 heteroatoms. The lowest BCUT2D eigenvalue weighted by Gasteiger charge is -2.12. The summed E-state index contributed by atoms with van der Waals surface area (Å²) in [6.07, 6.45) is 7.28. The molecule has 0 fully saturated rings. The summed E-state index contributed by atoms with van der Waals surface area (Å²) < 4.78 is 2.23. The van der Waals surface area contributed by atoms with Crippen LogP contribution in [0, 0.1) is 55.4 Å². The number of aryl methyl sites for hydroxylation is 8. The van der Waals surface area contributed by atoms with Crippen LogP contribution in [0.4, 0.5) is 0 Å². The summed E-state index contributed by atoms with van der Waals surface area (Å²) in [5, 5.41) is 0. The van der Waals surface area contributed by atoms with Gasteiger partial charge >= 0.3 is 0 Å². The Labute approximate surface area is 325 Å². The van der Waals surface area contributed by atoms with Crippen molar-refractivity contribution in [3.05, 3.63) is 166 Å². The Bertz CT molecular complexity index is 2550. The average Bonchev–Trinajstić information content (AvgIpc) is 3.74. The van der Waals surface area contributed by atoms with Gasteiger partial charge in [-0.05, 0) is 102 Å². The summed E-state index contributed by atoms with van der Waals surface area (Å²) in [7, 11) is 2.11. The molecule has 55 heavy (non-hydrogen) atoms. The highest BCUT2D eigenvalue weighted by atomic mass is 15.1. The minimum absolute atomic E-state index is 0.910. The van der Waals surface area contributed by atoms with E-state index in [1.165, 1.54) is 61.2 Å². The Morgan fingerprint density at radius 3 is 1.38 bits per heavy atom. The molecule has 4 heterocycles. The van der Waals surface area contributed by atoms with Crippen molar-refractivity contribution in [3.8, 4) is 67.8 Å². The van der Waals surface area contributed by atoms with Crippen LogP contribution in [0.1, 0.15) is 44.5 Å². The fourth-order valence-corrected chi connectivity index (χ4v) is 7.70. The largest absolute Gasteiger partial charge is 0.337 e. The highest BCUT2D eigenvalue weighted by molar-refractivity contribution is 5.84. The smallest absolute Gasteiger partial charge is 0.141 e. The van der Waals surface area contributed by atoms with Crippen molar-refractivity contribution >= 4 is 0 Å². The fourth-order valence-electron chi connectivity index (χ4n) is 7.70. The van der Waals surface area contributed by atoms with Crippen LogP contribution in [-0.4, -0.2) is 29.5 Å². The Hall–Kier alpha value is -6.40. The molecule has 0 aliphatic rings. The van der Waals surface area contributed by atoms with Crippen molar-refractivity contribution in [1.82, 2.24) is 29.5 Å². The maximum absolute atomic E-state index is 5.14. The molecular weight excluding hydrogens is 673 g/mol. The van der Waals surface area contributed by atoms with Crippen LogP contribution < -0.4 is 0 Å². The first kappa shape index (κ1) is 36.9. The molecule has 0 aliphatic heterocycles. The predicted octanol–water partition coefficient (Wildman–Crippen LogP) is 12.1. The van der Waals surface area contributed by atoms with E-state index < -0.39 is 0 Å². The molecular formula is C49H48N6. The van der Waals surface area contributed by atoms with Crippen LogP contribution in [-0.2, 0) is 7.05 Å². The number of aromatic nitrogens is 6. The van der Waals surface area contributed by atoms with E-state index in [0.29, 0.717) is 0 Å². The normalized spacial score (nSPS) is 11.0. The maximum Gasteiger partial charge on any atom is 0.141 e. The number of nitrogens with zero attached hydrogens (tertiary/aromatic N) is 5. The molecule has 4 aromatic carbocycles. The number of rotatable bonds is 6. The van der Waals surface area contributed by atoms with Crippen molar-refractivity contribution in [3.63, 3.8) is 0 Å². The zero-order valence-electron chi connectivity index (χ0n) is 33.3. The van der Waals surface area contributed by atoms with Crippen LogP contribution in [0.15, 0.2) is 122 Å². The topological polar surface area (TPSA) is 72.3 Å². The van der Waals surface area contributed by atoms with E-state index in [4.69, 9.17) is 9.97 Å². The Kier molecular flexibility index (Phi) is 10.4. The standard InChI is InChI=1S/C25H25N3.C24H23N3/c1-16-6-8-21(9-7-16)24-23(20-10-12-26-13-11-20)27-25(28(24)5)22-18(3)14-17(2)15-19(22)4;1-15-5-7-19(8-6-15)22-23(20-9-11-25-12-10-20)27-24(26-22)21-17(3)13-16(2)14-18(21)4/h6-15H,1-5H3;5-14H,1-4H3,(H,26,27). The van der Waals surface area contributed by atoms with Crippen LogP contribution >= 0.6 is 0 Å². The molecule has 0 saturated carbocycles. The molecule has 0 aliphatic carbocycles. The van der Waals surface area contributed by atoms with E-state index in [9.17, 15) is 0 Å². The summed E-state index contributed by atoms with van der Waals surface area (Å²) in [5.41, 5.74) is 20.9. The first-order valence-electron chi connectivity index (χ1n) is 18.8. The van der Waals surface area contributed by atoms with E-state index in [2.05, 4.69) is 155 Å². The zero-order valence-corrected chi connectivity index (χ0v) is 33.3. The highest BCUT2D eigenvalue weighted by Gasteiger charge is 2.22. The maximum atomic E-state index is 5.14. The van der Waals surface area contributed by atoms with Gasteiger partial charge in [0.15, 0.2) is 0 Å². The molecule has 1 N–H and O–H groups in total. The third-order valence-electron chi connectivity index (χ3n) is 10.2. The third kappa shape index (κ3) is 7.67. The molecule has 0 bridgehead atoms. The van der Waals surface area contributed by atoms with Crippen LogP contribution in [0.2, 0.25) is 0 Å². The minimum atomic E-state index is 0.910. The molecule has 0 radical (unpaired) electrons. The zero-order chi connectivity index (χ0) is 38.8. The molecule has 0 unspecified atom stereocenters. The molecule has 0 saturated heterocycles. The van der Waals surface area contributed by atoms with E-state index in [0.717, 1.165) is 51.1 Å². The molecule has 0 spiro atoms. The highest BCUT2D eigenvalue weighted by Crippen LogP contribution is 2.38. The number of nitrogens with one attached hydrogen (secondary N) is 1. The van der Waals surface area contributed by atoms with Gasteiger partial charge in [-0.1, -0.05) is 95.1 Å². The van der Waals surface area contributed by atoms with E-state index in [-0.39, 0.29) is 0 Å². The molecule has 0 amide bonds. The summed E-state index contributed by atoms with van der Waals surface area (Å²) in [6, 6.07) is 34.2. The Balaban J connectivity index is 0.000000169. The van der Waals surface area contributed by atoms with Crippen molar-refractivity contribution < 1.29 is 0 Å². The number of imidazole rings is 2. The number of hydrogen-bond acceptors (Lipinski definition) is 4. The first-order valence-corrected chi connectivity index (χ1v) is 18.8. The van der Waals surface area contributed by atoms with Gasteiger partial charge in [0.05, 0.1) is 22.8 Å². The minimum Gasteiger partial charge on any atom is -0.337 e. The lowest BCUT2D eigenvalue weighted by Crippen LogP contribution is -1.99. The van der Waals surface area contributed by atoms with E-state index >= 15 is 0 Å². The van der Waals surface area contributed by atoms with Crippen molar-refractivity contribution in [2.24, 2.45) is 7.05 Å². The molecule has 6 nitrogen and oxygen atoms in total. The number of H-pyrrole nitrogens is 1. The second-order valence-corrected chi connectivity index (χ2v) is 14.8. The molecule has 0 atom stereocenters. The van der Waals surface area contributed by atoms with Gasteiger partial charge in [0.25, 0.3) is 0 Å². The quantitative estimate of drug-likeness (QED) is 0.186. The average molecular weight is 721 g/mol. The summed E-state index contributed by atoms with van der Waals surface area (Å²) in [6.45, 7) is 17.1. The molecule has 4 aromatic heterocycles. The number of benzene rings is 4. The van der Waals surface area contributed by atoms with Crippen LogP contribution in [0.5, 0.6) is 0 Å². The number of pyridine rings is 2. The fraction of sp³-hybridized carbons (Fsp3) is 0.184. The van der Waals surface area contributed by atoms with Gasteiger partial charge in [0, 0.05) is 65.2 Å². The van der Waals surface area contributed by atoms with Crippen LogP contribution in [0.25, 0.3) is 67.8 Å².